The molecule has 2 amide bonds. The lowest BCUT2D eigenvalue weighted by molar-refractivity contribution is -0.138. The van der Waals surface area contributed by atoms with E-state index in [9.17, 15) is 9.59 Å². The minimum absolute atomic E-state index is 0.127. The topological polar surface area (TPSA) is 108 Å². The normalized spacial score (nSPS) is 11.9. The fourth-order valence-corrected chi connectivity index (χ4v) is 1.01. The van der Waals surface area contributed by atoms with Crippen LogP contribution in [0.4, 0.5) is 4.79 Å². The number of carboxylic acids is 1. The summed E-state index contributed by atoms with van der Waals surface area (Å²) < 4.78 is 4.73. The maximum atomic E-state index is 11.1. The molecule has 0 radical (unpaired) electrons. The van der Waals surface area contributed by atoms with E-state index in [2.05, 4.69) is 10.6 Å². The van der Waals surface area contributed by atoms with Gasteiger partial charge in [0.15, 0.2) is 0 Å². The Hall–Kier alpha value is -1.34. The summed E-state index contributed by atoms with van der Waals surface area (Å²) in [5, 5.41) is 22.3. The van der Waals surface area contributed by atoms with Gasteiger partial charge in [0, 0.05) is 32.7 Å². The fraction of sp³-hybridized carbons (Fsp3) is 0.778. The number of carboxylic acid groups (broad SMARTS) is 1. The van der Waals surface area contributed by atoms with Crippen LogP contribution in [0.3, 0.4) is 0 Å². The van der Waals surface area contributed by atoms with Gasteiger partial charge in [-0.3, -0.25) is 4.79 Å². The number of carbonyl (C=O) groups is 2. The van der Waals surface area contributed by atoms with Crippen molar-refractivity contribution in [2.24, 2.45) is 5.92 Å². The molecule has 0 saturated carbocycles. The van der Waals surface area contributed by atoms with Crippen LogP contribution in [-0.2, 0) is 9.53 Å². The number of aliphatic hydroxyl groups excluding tert-OH is 1. The molecular formula is C9H18N2O5. The van der Waals surface area contributed by atoms with E-state index in [-0.39, 0.29) is 19.6 Å². The van der Waals surface area contributed by atoms with Crippen molar-refractivity contribution < 1.29 is 24.5 Å². The van der Waals surface area contributed by atoms with Crippen molar-refractivity contribution in [2.75, 3.05) is 33.4 Å². The van der Waals surface area contributed by atoms with E-state index in [1.54, 1.807) is 0 Å². The molecule has 0 fully saturated rings. The van der Waals surface area contributed by atoms with Crippen molar-refractivity contribution >= 4 is 12.0 Å². The Labute approximate surface area is 93.8 Å². The summed E-state index contributed by atoms with van der Waals surface area (Å²) in [6, 6.07) is -0.402. The number of methoxy groups -OCH3 is 1. The molecule has 0 bridgehead atoms. The second kappa shape index (κ2) is 8.93. The van der Waals surface area contributed by atoms with Gasteiger partial charge in [0.25, 0.3) is 0 Å². The van der Waals surface area contributed by atoms with Crippen LogP contribution >= 0.6 is 0 Å². The van der Waals surface area contributed by atoms with Gasteiger partial charge in [-0.2, -0.15) is 0 Å². The Morgan fingerprint density at radius 2 is 2.06 bits per heavy atom. The van der Waals surface area contributed by atoms with Crippen molar-refractivity contribution in [3.05, 3.63) is 0 Å². The number of hydrogen-bond acceptors (Lipinski definition) is 4. The van der Waals surface area contributed by atoms with Gasteiger partial charge in [0.1, 0.15) is 0 Å². The standard InChI is InChI=1S/C9H18N2O5/c1-16-3-2-10-9(15)11-5-7(6-12)4-8(13)14/h7,12H,2-6H2,1H3,(H,13,14)(H2,10,11,15). The molecule has 0 heterocycles. The van der Waals surface area contributed by atoms with Crippen LogP contribution in [0.5, 0.6) is 0 Å². The summed E-state index contributed by atoms with van der Waals surface area (Å²) in [7, 11) is 1.52. The number of aliphatic carboxylic acids is 1. The van der Waals surface area contributed by atoms with E-state index in [1.165, 1.54) is 7.11 Å². The summed E-state index contributed by atoms with van der Waals surface area (Å²) in [5.41, 5.74) is 0. The first kappa shape index (κ1) is 14.7. The van der Waals surface area contributed by atoms with Crippen LogP contribution in [-0.4, -0.2) is 55.6 Å². The van der Waals surface area contributed by atoms with Crippen LogP contribution in [0.1, 0.15) is 6.42 Å². The minimum atomic E-state index is -0.999. The maximum Gasteiger partial charge on any atom is 0.314 e. The molecule has 0 saturated heterocycles. The van der Waals surface area contributed by atoms with E-state index < -0.39 is 17.9 Å². The summed E-state index contributed by atoms with van der Waals surface area (Å²) in [4.78, 5) is 21.5. The third-order valence-electron chi connectivity index (χ3n) is 1.86. The minimum Gasteiger partial charge on any atom is -0.481 e. The number of ether oxygens (including phenoxy) is 1. The Bertz CT molecular complexity index is 222. The lowest BCUT2D eigenvalue weighted by atomic mass is 10.1. The molecule has 4 N–H and O–H groups in total. The van der Waals surface area contributed by atoms with Gasteiger partial charge in [-0.25, -0.2) is 4.79 Å². The first-order chi connectivity index (χ1) is 7.60. The van der Waals surface area contributed by atoms with Crippen molar-refractivity contribution in [1.82, 2.24) is 10.6 Å². The molecule has 0 aliphatic carbocycles. The molecule has 1 unspecified atom stereocenters. The van der Waals surface area contributed by atoms with E-state index in [0.717, 1.165) is 0 Å². The zero-order valence-electron chi connectivity index (χ0n) is 9.23. The fourth-order valence-electron chi connectivity index (χ4n) is 1.01. The highest BCUT2D eigenvalue weighted by Crippen LogP contribution is 1.99. The SMILES string of the molecule is COCCNC(=O)NCC(CO)CC(=O)O. The smallest absolute Gasteiger partial charge is 0.314 e. The predicted octanol–water partition coefficient (Wildman–Crippen LogP) is -0.985. The van der Waals surface area contributed by atoms with Crippen LogP contribution in [0.15, 0.2) is 0 Å². The van der Waals surface area contributed by atoms with E-state index >= 15 is 0 Å². The summed E-state index contributed by atoms with van der Waals surface area (Å²) >= 11 is 0. The molecule has 0 spiro atoms. The number of amides is 2. The summed E-state index contributed by atoms with van der Waals surface area (Å²) in [5.74, 6) is -1.47. The van der Waals surface area contributed by atoms with Gasteiger partial charge >= 0.3 is 12.0 Å². The molecule has 7 nitrogen and oxygen atoms in total. The zero-order chi connectivity index (χ0) is 12.4. The summed E-state index contributed by atoms with van der Waals surface area (Å²) in [6.07, 6.45) is -0.172. The van der Waals surface area contributed by atoms with Crippen molar-refractivity contribution in [2.45, 2.75) is 6.42 Å². The molecule has 0 aliphatic rings. The van der Waals surface area contributed by atoms with Crippen molar-refractivity contribution in [1.29, 1.82) is 0 Å². The van der Waals surface area contributed by atoms with Gasteiger partial charge in [0.2, 0.25) is 0 Å². The molecule has 1 atom stereocenters. The number of aliphatic hydroxyl groups is 1. The second-order valence-corrected chi connectivity index (χ2v) is 3.28. The number of rotatable bonds is 8. The van der Waals surface area contributed by atoms with Crippen molar-refractivity contribution in [3.8, 4) is 0 Å². The molecule has 0 aromatic rings. The maximum absolute atomic E-state index is 11.1. The molecular weight excluding hydrogens is 216 g/mol. The van der Waals surface area contributed by atoms with Crippen LogP contribution < -0.4 is 10.6 Å². The Balaban J connectivity index is 3.66. The first-order valence-corrected chi connectivity index (χ1v) is 4.93. The zero-order valence-corrected chi connectivity index (χ0v) is 9.23. The molecule has 0 aliphatic heterocycles. The Morgan fingerprint density at radius 3 is 2.56 bits per heavy atom. The van der Waals surface area contributed by atoms with Crippen molar-refractivity contribution in [3.63, 3.8) is 0 Å². The second-order valence-electron chi connectivity index (χ2n) is 3.28. The Morgan fingerprint density at radius 1 is 1.38 bits per heavy atom. The van der Waals surface area contributed by atoms with Crippen LogP contribution in [0, 0.1) is 5.92 Å². The third-order valence-corrected chi connectivity index (χ3v) is 1.86. The summed E-state index contributed by atoms with van der Waals surface area (Å²) in [6.45, 7) is 0.642. The quantitative estimate of drug-likeness (QED) is 0.403. The Kier molecular flexibility index (Phi) is 8.18. The average molecular weight is 234 g/mol. The lowest BCUT2D eigenvalue weighted by Crippen LogP contribution is -2.40. The van der Waals surface area contributed by atoms with E-state index in [4.69, 9.17) is 14.9 Å². The first-order valence-electron chi connectivity index (χ1n) is 4.93. The van der Waals surface area contributed by atoms with Crippen LogP contribution in [0.25, 0.3) is 0 Å². The molecule has 16 heavy (non-hydrogen) atoms. The van der Waals surface area contributed by atoms with Gasteiger partial charge in [-0.1, -0.05) is 0 Å². The van der Waals surface area contributed by atoms with Gasteiger partial charge in [-0.15, -0.1) is 0 Å². The molecule has 7 heteroatoms. The number of urea groups is 1. The van der Waals surface area contributed by atoms with Crippen LogP contribution in [0.2, 0.25) is 0 Å². The van der Waals surface area contributed by atoms with Gasteiger partial charge < -0.3 is 25.6 Å². The highest BCUT2D eigenvalue weighted by atomic mass is 16.5. The largest absolute Gasteiger partial charge is 0.481 e. The molecule has 0 rings (SSSR count). The third kappa shape index (κ3) is 8.01. The highest BCUT2D eigenvalue weighted by molar-refractivity contribution is 5.74. The van der Waals surface area contributed by atoms with Gasteiger partial charge in [0.05, 0.1) is 13.0 Å². The number of nitrogens with one attached hydrogen (secondary N) is 2. The predicted molar refractivity (Wildman–Crippen MR) is 56.1 cm³/mol. The number of hydrogen-bond donors (Lipinski definition) is 4. The molecule has 94 valence electrons. The lowest BCUT2D eigenvalue weighted by Gasteiger charge is -2.13. The van der Waals surface area contributed by atoms with Gasteiger partial charge in [-0.05, 0) is 0 Å². The molecule has 0 aromatic carbocycles. The molecule has 0 aromatic heterocycles. The number of carbonyl (C=O) groups excluding carboxylic acids is 1. The monoisotopic (exact) mass is 234 g/mol. The van der Waals surface area contributed by atoms with E-state index in [1.807, 2.05) is 0 Å². The van der Waals surface area contributed by atoms with E-state index in [0.29, 0.717) is 13.2 Å². The highest BCUT2D eigenvalue weighted by Gasteiger charge is 2.13. The average Bonchev–Trinajstić information content (AvgIpc) is 2.24.